The molecule has 2 aromatic heterocycles. The Kier molecular flexibility index (Phi) is 3.99. The molecule has 0 saturated carbocycles. The van der Waals surface area contributed by atoms with E-state index < -0.39 is 0 Å². The van der Waals surface area contributed by atoms with E-state index in [1.807, 2.05) is 43.9 Å². The zero-order valence-corrected chi connectivity index (χ0v) is 11.5. The van der Waals surface area contributed by atoms with Crippen molar-refractivity contribution in [2.24, 2.45) is 0 Å². The molecule has 0 aliphatic heterocycles. The van der Waals surface area contributed by atoms with Crippen LogP contribution in [0.5, 0.6) is 0 Å². The zero-order chi connectivity index (χ0) is 13.8. The lowest BCUT2D eigenvalue weighted by Crippen LogP contribution is -2.31. The number of amides is 1. The Morgan fingerprint density at radius 3 is 2.89 bits per heavy atom. The third-order valence-corrected chi connectivity index (χ3v) is 2.97. The van der Waals surface area contributed by atoms with Gasteiger partial charge in [-0.05, 0) is 32.4 Å². The number of aromatic nitrogens is 4. The molecule has 0 aromatic carbocycles. The highest BCUT2D eigenvalue weighted by Gasteiger charge is 2.15. The lowest BCUT2D eigenvalue weighted by atomic mass is 10.3. The largest absolute Gasteiger partial charge is 0.349 e. The maximum atomic E-state index is 12.0. The molecule has 2 rings (SSSR count). The molecular weight excluding hydrogens is 242 g/mol. The number of carbonyl (C=O) groups excluding carboxylic acids is 1. The third-order valence-electron chi connectivity index (χ3n) is 2.97. The van der Waals surface area contributed by atoms with Crippen molar-refractivity contribution in [3.05, 3.63) is 35.9 Å². The molecule has 0 bridgehead atoms. The quantitative estimate of drug-likeness (QED) is 0.882. The van der Waals surface area contributed by atoms with Gasteiger partial charge in [0.1, 0.15) is 6.04 Å². The predicted octanol–water partition coefficient (Wildman–Crippen LogP) is 1.29. The van der Waals surface area contributed by atoms with Gasteiger partial charge < -0.3 is 5.32 Å². The lowest BCUT2D eigenvalue weighted by molar-refractivity contribution is -0.124. The Labute approximate surface area is 112 Å². The first-order valence-corrected chi connectivity index (χ1v) is 6.41. The van der Waals surface area contributed by atoms with Crippen LogP contribution in [0, 0.1) is 6.92 Å². The predicted molar refractivity (Wildman–Crippen MR) is 71.4 cm³/mol. The van der Waals surface area contributed by atoms with Crippen LogP contribution >= 0.6 is 0 Å². The van der Waals surface area contributed by atoms with E-state index in [1.165, 1.54) is 0 Å². The van der Waals surface area contributed by atoms with Crippen molar-refractivity contribution in [2.75, 3.05) is 0 Å². The van der Waals surface area contributed by atoms with E-state index in [1.54, 1.807) is 10.9 Å². The topological polar surface area (TPSA) is 64.7 Å². The maximum Gasteiger partial charge on any atom is 0.244 e. The van der Waals surface area contributed by atoms with E-state index >= 15 is 0 Å². The fraction of sp³-hybridized carbons (Fsp3) is 0.462. The average Bonchev–Trinajstić information content (AvgIpc) is 3.03. The molecule has 2 heterocycles. The van der Waals surface area contributed by atoms with Gasteiger partial charge in [0.05, 0.1) is 18.4 Å². The zero-order valence-electron chi connectivity index (χ0n) is 11.5. The highest BCUT2D eigenvalue weighted by atomic mass is 16.2. The van der Waals surface area contributed by atoms with Crippen LogP contribution in [0.2, 0.25) is 0 Å². The van der Waals surface area contributed by atoms with Crippen LogP contribution in [0.4, 0.5) is 0 Å². The van der Waals surface area contributed by atoms with Crippen LogP contribution in [0.3, 0.4) is 0 Å². The van der Waals surface area contributed by atoms with Crippen LogP contribution in [0.25, 0.3) is 0 Å². The van der Waals surface area contributed by atoms with Gasteiger partial charge in [-0.25, -0.2) is 0 Å². The van der Waals surface area contributed by atoms with Crippen LogP contribution in [-0.2, 0) is 17.9 Å². The minimum absolute atomic E-state index is 0.0610. The van der Waals surface area contributed by atoms with Crippen LogP contribution in [0.15, 0.2) is 24.7 Å². The molecule has 1 amide bonds. The minimum Gasteiger partial charge on any atom is -0.349 e. The third kappa shape index (κ3) is 3.21. The minimum atomic E-state index is -0.318. The normalized spacial score (nSPS) is 12.4. The number of hydrogen-bond acceptors (Lipinski definition) is 3. The Balaban J connectivity index is 1.90. The second-order valence-corrected chi connectivity index (χ2v) is 4.55. The van der Waals surface area contributed by atoms with Gasteiger partial charge in [0.15, 0.2) is 0 Å². The molecule has 19 heavy (non-hydrogen) atoms. The molecular formula is C13H19N5O. The second kappa shape index (κ2) is 5.69. The summed E-state index contributed by atoms with van der Waals surface area (Å²) in [6.45, 7) is 7.07. The summed E-state index contributed by atoms with van der Waals surface area (Å²) < 4.78 is 3.50. The molecule has 0 fully saturated rings. The van der Waals surface area contributed by atoms with E-state index in [0.29, 0.717) is 6.54 Å². The number of nitrogens with one attached hydrogen (secondary N) is 1. The molecule has 1 N–H and O–H groups in total. The first kappa shape index (κ1) is 13.3. The Bertz CT molecular complexity index is 557. The van der Waals surface area contributed by atoms with Gasteiger partial charge in [0, 0.05) is 18.9 Å². The van der Waals surface area contributed by atoms with Crippen molar-refractivity contribution in [2.45, 2.75) is 39.9 Å². The number of aryl methyl sites for hydroxylation is 2. The Morgan fingerprint density at radius 1 is 1.53 bits per heavy atom. The van der Waals surface area contributed by atoms with Crippen molar-refractivity contribution in [1.29, 1.82) is 0 Å². The number of hydrogen-bond donors (Lipinski definition) is 1. The van der Waals surface area contributed by atoms with Crippen molar-refractivity contribution in [3.63, 3.8) is 0 Å². The fourth-order valence-electron chi connectivity index (χ4n) is 1.76. The molecule has 2 aromatic rings. The van der Waals surface area contributed by atoms with Crippen molar-refractivity contribution in [3.8, 4) is 0 Å². The fourth-order valence-corrected chi connectivity index (χ4v) is 1.76. The van der Waals surface area contributed by atoms with E-state index in [4.69, 9.17) is 0 Å². The van der Waals surface area contributed by atoms with Crippen molar-refractivity contribution < 1.29 is 4.79 Å². The number of rotatable bonds is 5. The summed E-state index contributed by atoms with van der Waals surface area (Å²) >= 11 is 0. The monoisotopic (exact) mass is 261 g/mol. The summed E-state index contributed by atoms with van der Waals surface area (Å²) in [5.41, 5.74) is 1.90. The smallest absolute Gasteiger partial charge is 0.244 e. The van der Waals surface area contributed by atoms with E-state index in [-0.39, 0.29) is 11.9 Å². The first-order chi connectivity index (χ1) is 9.10. The number of nitrogens with zero attached hydrogens (tertiary/aromatic N) is 4. The molecule has 102 valence electrons. The van der Waals surface area contributed by atoms with Crippen LogP contribution in [0.1, 0.15) is 31.1 Å². The maximum absolute atomic E-state index is 12.0. The SMILES string of the molecule is CCn1ccc(CNC(=O)C(C)n2cc(C)cn2)n1. The molecule has 6 heteroatoms. The Hall–Kier alpha value is -2.11. The van der Waals surface area contributed by atoms with E-state index in [9.17, 15) is 4.79 Å². The van der Waals surface area contributed by atoms with Crippen LogP contribution in [-0.4, -0.2) is 25.5 Å². The molecule has 1 unspecified atom stereocenters. The molecule has 1 atom stereocenters. The summed E-state index contributed by atoms with van der Waals surface area (Å²) in [5.74, 6) is -0.0610. The molecule has 6 nitrogen and oxygen atoms in total. The van der Waals surface area contributed by atoms with E-state index in [0.717, 1.165) is 17.8 Å². The molecule has 0 saturated heterocycles. The van der Waals surface area contributed by atoms with Gasteiger partial charge in [-0.1, -0.05) is 0 Å². The van der Waals surface area contributed by atoms with Crippen molar-refractivity contribution >= 4 is 5.91 Å². The molecule has 0 aliphatic rings. The molecule has 0 radical (unpaired) electrons. The molecule has 0 spiro atoms. The van der Waals surface area contributed by atoms with Gasteiger partial charge in [-0.2, -0.15) is 10.2 Å². The second-order valence-electron chi connectivity index (χ2n) is 4.55. The van der Waals surface area contributed by atoms with Crippen LogP contribution < -0.4 is 5.32 Å². The summed E-state index contributed by atoms with van der Waals surface area (Å²) in [6.07, 6.45) is 5.50. The van der Waals surface area contributed by atoms with Gasteiger partial charge >= 0.3 is 0 Å². The summed E-state index contributed by atoms with van der Waals surface area (Å²) in [7, 11) is 0. The summed E-state index contributed by atoms with van der Waals surface area (Å²) in [5, 5.41) is 11.3. The average molecular weight is 261 g/mol. The summed E-state index contributed by atoms with van der Waals surface area (Å²) in [4.78, 5) is 12.0. The van der Waals surface area contributed by atoms with E-state index in [2.05, 4.69) is 15.5 Å². The van der Waals surface area contributed by atoms with Gasteiger partial charge in [0.25, 0.3) is 0 Å². The van der Waals surface area contributed by atoms with Gasteiger partial charge in [-0.15, -0.1) is 0 Å². The molecule has 0 aliphatic carbocycles. The highest BCUT2D eigenvalue weighted by Crippen LogP contribution is 2.06. The first-order valence-electron chi connectivity index (χ1n) is 6.41. The Morgan fingerprint density at radius 2 is 2.32 bits per heavy atom. The highest BCUT2D eigenvalue weighted by molar-refractivity contribution is 5.79. The van der Waals surface area contributed by atoms with Gasteiger partial charge in [0.2, 0.25) is 5.91 Å². The van der Waals surface area contributed by atoms with Crippen molar-refractivity contribution in [1.82, 2.24) is 24.9 Å². The lowest BCUT2D eigenvalue weighted by Gasteiger charge is -2.11. The number of carbonyl (C=O) groups is 1. The summed E-state index contributed by atoms with van der Waals surface area (Å²) in [6, 6.07) is 1.59. The van der Waals surface area contributed by atoms with Gasteiger partial charge in [-0.3, -0.25) is 14.2 Å². The standard InChI is InChI=1S/C13H19N5O/c1-4-17-6-5-12(16-17)8-14-13(19)11(3)18-9-10(2)7-15-18/h5-7,9,11H,4,8H2,1-3H3,(H,14,19).